The van der Waals surface area contributed by atoms with Gasteiger partial charge < -0.3 is 9.47 Å². The summed E-state index contributed by atoms with van der Waals surface area (Å²) in [4.78, 5) is 22.7. The van der Waals surface area contributed by atoms with Crippen molar-refractivity contribution < 1.29 is 19.1 Å². The molecule has 0 saturated heterocycles. The van der Waals surface area contributed by atoms with E-state index >= 15 is 0 Å². The molecule has 0 fully saturated rings. The predicted octanol–water partition coefficient (Wildman–Crippen LogP) is 2.57. The maximum Gasteiger partial charge on any atom is 0.342 e. The Labute approximate surface area is 101 Å². The number of ether oxygens (including phenoxy) is 2. The molecule has 1 aromatic carbocycles. The van der Waals surface area contributed by atoms with Gasteiger partial charge in [0.25, 0.3) is 0 Å². The zero-order valence-electron chi connectivity index (χ0n) is 10.2. The van der Waals surface area contributed by atoms with Gasteiger partial charge in [-0.25, -0.2) is 4.79 Å². The molecular weight excluding hydrogens is 220 g/mol. The maximum absolute atomic E-state index is 11.8. The van der Waals surface area contributed by atoms with E-state index in [4.69, 9.17) is 9.47 Å². The molecule has 0 aromatic heterocycles. The molecule has 1 unspecified atom stereocenters. The zero-order chi connectivity index (χ0) is 12.8. The number of esters is 2. The smallest absolute Gasteiger partial charge is 0.342 e. The Balaban J connectivity index is 2.88. The van der Waals surface area contributed by atoms with Crippen molar-refractivity contribution in [2.75, 3.05) is 0 Å². The van der Waals surface area contributed by atoms with Crippen LogP contribution in [0.1, 0.15) is 37.6 Å². The van der Waals surface area contributed by atoms with Gasteiger partial charge in [0.2, 0.25) is 0 Å². The van der Waals surface area contributed by atoms with Gasteiger partial charge in [-0.1, -0.05) is 19.1 Å². The first-order chi connectivity index (χ1) is 8.04. The topological polar surface area (TPSA) is 52.6 Å². The van der Waals surface area contributed by atoms with Crippen molar-refractivity contribution in [2.24, 2.45) is 0 Å². The molecule has 0 aliphatic heterocycles. The van der Waals surface area contributed by atoms with Crippen molar-refractivity contribution in [1.82, 2.24) is 0 Å². The molecule has 0 amide bonds. The number of rotatable bonds is 4. The molecule has 1 rings (SSSR count). The van der Waals surface area contributed by atoms with Gasteiger partial charge in [0.1, 0.15) is 11.3 Å². The summed E-state index contributed by atoms with van der Waals surface area (Å²) >= 11 is 0. The first kappa shape index (κ1) is 13.2. The van der Waals surface area contributed by atoms with Crippen molar-refractivity contribution in [2.45, 2.75) is 33.3 Å². The number of hydrogen-bond acceptors (Lipinski definition) is 4. The van der Waals surface area contributed by atoms with Crippen molar-refractivity contribution in [3.63, 3.8) is 0 Å². The molecule has 0 spiro atoms. The maximum atomic E-state index is 11.8. The molecule has 0 aliphatic carbocycles. The van der Waals surface area contributed by atoms with E-state index in [0.717, 1.165) is 6.42 Å². The van der Waals surface area contributed by atoms with Crippen LogP contribution in [-0.2, 0) is 9.53 Å². The Morgan fingerprint density at radius 2 is 1.94 bits per heavy atom. The van der Waals surface area contributed by atoms with Gasteiger partial charge in [-0.05, 0) is 25.5 Å². The fourth-order valence-electron chi connectivity index (χ4n) is 1.21. The summed E-state index contributed by atoms with van der Waals surface area (Å²) in [6, 6.07) is 6.52. The Hall–Kier alpha value is -1.84. The Kier molecular flexibility index (Phi) is 4.69. The molecular formula is C13H16O4. The molecule has 4 heteroatoms. The van der Waals surface area contributed by atoms with E-state index in [2.05, 4.69) is 0 Å². The average Bonchev–Trinajstić information content (AvgIpc) is 2.28. The largest absolute Gasteiger partial charge is 0.459 e. The summed E-state index contributed by atoms with van der Waals surface area (Å²) < 4.78 is 10.1. The van der Waals surface area contributed by atoms with Crippen LogP contribution >= 0.6 is 0 Å². The number of carbonyl (C=O) groups excluding carboxylic acids is 2. The fourth-order valence-corrected chi connectivity index (χ4v) is 1.21. The highest BCUT2D eigenvalue weighted by Gasteiger charge is 2.16. The summed E-state index contributed by atoms with van der Waals surface area (Å²) in [5, 5.41) is 0. The normalized spacial score (nSPS) is 11.7. The molecule has 17 heavy (non-hydrogen) atoms. The second kappa shape index (κ2) is 6.03. The van der Waals surface area contributed by atoms with E-state index in [9.17, 15) is 9.59 Å². The van der Waals surface area contributed by atoms with Crippen LogP contribution in [0.2, 0.25) is 0 Å². The van der Waals surface area contributed by atoms with Crippen molar-refractivity contribution in [3.8, 4) is 5.75 Å². The van der Waals surface area contributed by atoms with Crippen LogP contribution in [0.4, 0.5) is 0 Å². The first-order valence-corrected chi connectivity index (χ1v) is 5.53. The van der Waals surface area contributed by atoms with Crippen LogP contribution in [0.15, 0.2) is 24.3 Å². The summed E-state index contributed by atoms with van der Waals surface area (Å²) in [6.07, 6.45) is 0.578. The Morgan fingerprint density at radius 1 is 1.29 bits per heavy atom. The summed E-state index contributed by atoms with van der Waals surface area (Å²) in [6.45, 7) is 5.03. The molecule has 92 valence electrons. The molecule has 0 heterocycles. The SMILES string of the molecule is CCC(C)OC(=O)c1ccccc1OC(C)=O. The van der Waals surface area contributed by atoms with Gasteiger partial charge >= 0.3 is 11.9 Å². The van der Waals surface area contributed by atoms with Crippen molar-refractivity contribution in [1.29, 1.82) is 0 Å². The van der Waals surface area contributed by atoms with Gasteiger partial charge in [0, 0.05) is 6.92 Å². The molecule has 1 atom stereocenters. The van der Waals surface area contributed by atoms with Gasteiger partial charge in [0.15, 0.2) is 0 Å². The van der Waals surface area contributed by atoms with Crippen LogP contribution in [-0.4, -0.2) is 18.0 Å². The van der Waals surface area contributed by atoms with Gasteiger partial charge in [-0.2, -0.15) is 0 Å². The third-order valence-corrected chi connectivity index (χ3v) is 2.24. The highest BCUT2D eigenvalue weighted by Crippen LogP contribution is 2.20. The highest BCUT2D eigenvalue weighted by atomic mass is 16.6. The van der Waals surface area contributed by atoms with Crippen LogP contribution in [0.5, 0.6) is 5.75 Å². The third-order valence-electron chi connectivity index (χ3n) is 2.24. The molecule has 0 aliphatic rings. The van der Waals surface area contributed by atoms with Crippen LogP contribution in [0, 0.1) is 0 Å². The van der Waals surface area contributed by atoms with E-state index < -0.39 is 11.9 Å². The monoisotopic (exact) mass is 236 g/mol. The standard InChI is InChI=1S/C13H16O4/c1-4-9(2)16-13(15)11-7-5-6-8-12(11)17-10(3)14/h5-9H,4H2,1-3H3. The second-order valence-electron chi connectivity index (χ2n) is 3.71. The van der Waals surface area contributed by atoms with E-state index in [1.165, 1.54) is 6.92 Å². The third kappa shape index (κ3) is 3.90. The first-order valence-electron chi connectivity index (χ1n) is 5.53. The molecule has 0 radical (unpaired) electrons. The van der Waals surface area contributed by atoms with E-state index in [-0.39, 0.29) is 17.4 Å². The predicted molar refractivity (Wildman–Crippen MR) is 62.9 cm³/mol. The van der Waals surface area contributed by atoms with Crippen LogP contribution in [0.3, 0.4) is 0 Å². The van der Waals surface area contributed by atoms with E-state index in [1.807, 2.05) is 13.8 Å². The lowest BCUT2D eigenvalue weighted by atomic mass is 10.2. The number of hydrogen-bond donors (Lipinski definition) is 0. The average molecular weight is 236 g/mol. The lowest BCUT2D eigenvalue weighted by Crippen LogP contribution is -2.15. The van der Waals surface area contributed by atoms with E-state index in [1.54, 1.807) is 24.3 Å². The number of para-hydroxylation sites is 1. The Morgan fingerprint density at radius 3 is 2.53 bits per heavy atom. The molecule has 1 aromatic rings. The molecule has 0 N–H and O–H groups in total. The lowest BCUT2D eigenvalue weighted by Gasteiger charge is -2.12. The number of carbonyl (C=O) groups is 2. The highest BCUT2D eigenvalue weighted by molar-refractivity contribution is 5.93. The van der Waals surface area contributed by atoms with Crippen molar-refractivity contribution in [3.05, 3.63) is 29.8 Å². The van der Waals surface area contributed by atoms with Gasteiger partial charge in [-0.3, -0.25) is 4.79 Å². The van der Waals surface area contributed by atoms with Gasteiger partial charge in [0.05, 0.1) is 6.10 Å². The van der Waals surface area contributed by atoms with Crippen molar-refractivity contribution >= 4 is 11.9 Å². The molecule has 4 nitrogen and oxygen atoms in total. The summed E-state index contributed by atoms with van der Waals surface area (Å²) in [5.74, 6) is -0.710. The van der Waals surface area contributed by atoms with E-state index in [0.29, 0.717) is 0 Å². The fraction of sp³-hybridized carbons (Fsp3) is 0.385. The summed E-state index contributed by atoms with van der Waals surface area (Å²) in [5.41, 5.74) is 0.267. The lowest BCUT2D eigenvalue weighted by molar-refractivity contribution is -0.131. The minimum Gasteiger partial charge on any atom is -0.459 e. The minimum absolute atomic E-state index is 0.159. The molecule has 0 saturated carbocycles. The Bertz CT molecular complexity index is 412. The summed E-state index contributed by atoms with van der Waals surface area (Å²) in [7, 11) is 0. The number of benzene rings is 1. The van der Waals surface area contributed by atoms with Crippen LogP contribution < -0.4 is 4.74 Å². The van der Waals surface area contributed by atoms with Crippen LogP contribution in [0.25, 0.3) is 0 Å². The minimum atomic E-state index is -0.476. The second-order valence-corrected chi connectivity index (χ2v) is 3.71. The quantitative estimate of drug-likeness (QED) is 0.595. The zero-order valence-corrected chi connectivity index (χ0v) is 10.2. The van der Waals surface area contributed by atoms with Gasteiger partial charge in [-0.15, -0.1) is 0 Å². The molecule has 0 bridgehead atoms.